The predicted octanol–water partition coefficient (Wildman–Crippen LogP) is 2.35. The van der Waals surface area contributed by atoms with Crippen LogP contribution >= 0.6 is 10.7 Å². The van der Waals surface area contributed by atoms with E-state index in [9.17, 15) is 21.2 Å². The molecule has 0 aromatic heterocycles. The van der Waals surface area contributed by atoms with Gasteiger partial charge in [-0.3, -0.25) is 0 Å². The van der Waals surface area contributed by atoms with Gasteiger partial charge in [-0.1, -0.05) is 0 Å². The molecule has 0 aliphatic carbocycles. The third-order valence-corrected chi connectivity index (χ3v) is 6.62. The fourth-order valence-corrected chi connectivity index (χ4v) is 3.26. The van der Waals surface area contributed by atoms with Crippen LogP contribution in [0, 0.1) is 5.82 Å². The molecule has 0 heterocycles. The maximum atomic E-state index is 13.1. The van der Waals surface area contributed by atoms with Crippen molar-refractivity contribution in [2.45, 2.75) is 30.4 Å². The zero-order chi connectivity index (χ0) is 16.5. The molecule has 1 aromatic carbocycles. The molecule has 0 saturated carbocycles. The average Bonchev–Trinajstić information content (AvgIpc) is 2.28. The maximum Gasteiger partial charge on any atom is 0.265 e. The second-order valence-electron chi connectivity index (χ2n) is 5.31. The Hall–Kier alpha value is -0.860. The lowest BCUT2D eigenvalue weighted by Crippen LogP contribution is -2.32. The van der Waals surface area contributed by atoms with Crippen molar-refractivity contribution in [3.63, 3.8) is 0 Å². The van der Waals surface area contributed by atoms with Gasteiger partial charge in [0.2, 0.25) is 0 Å². The fraction of sp³-hybridized carbons (Fsp3) is 0.500. The van der Waals surface area contributed by atoms with Crippen LogP contribution in [0.25, 0.3) is 0 Å². The number of sulfone groups is 1. The van der Waals surface area contributed by atoms with Gasteiger partial charge in [-0.25, -0.2) is 21.2 Å². The number of hydrogen-bond donors (Lipinski definition) is 0. The first kappa shape index (κ1) is 18.2. The quantitative estimate of drug-likeness (QED) is 0.755. The maximum absolute atomic E-state index is 13.1. The van der Waals surface area contributed by atoms with Gasteiger partial charge in [0.05, 0.1) is 10.5 Å². The van der Waals surface area contributed by atoms with Crippen LogP contribution in [-0.4, -0.2) is 33.9 Å². The van der Waals surface area contributed by atoms with Gasteiger partial charge in [0.1, 0.15) is 23.1 Å². The third kappa shape index (κ3) is 4.82. The van der Waals surface area contributed by atoms with Gasteiger partial charge in [-0.05, 0) is 39.0 Å². The SMILES string of the molecule is CC(C)(C)S(=O)(=O)CCOc1ccc(F)cc1S(=O)(=O)Cl. The minimum atomic E-state index is -4.19. The van der Waals surface area contributed by atoms with Crippen molar-refractivity contribution >= 4 is 29.6 Å². The van der Waals surface area contributed by atoms with Crippen molar-refractivity contribution < 1.29 is 26.0 Å². The second-order valence-corrected chi connectivity index (χ2v) is 10.7. The molecule has 21 heavy (non-hydrogen) atoms. The second kappa shape index (κ2) is 6.10. The minimum absolute atomic E-state index is 0.185. The normalized spacial score (nSPS) is 13.2. The molecule has 0 spiro atoms. The summed E-state index contributed by atoms with van der Waals surface area (Å²) in [7, 11) is -2.41. The average molecular weight is 359 g/mol. The summed E-state index contributed by atoms with van der Waals surface area (Å²) in [5, 5.41) is 0. The molecule has 5 nitrogen and oxygen atoms in total. The van der Waals surface area contributed by atoms with Gasteiger partial charge in [0, 0.05) is 10.7 Å². The molecule has 0 unspecified atom stereocenters. The van der Waals surface area contributed by atoms with E-state index in [0.717, 1.165) is 18.2 Å². The van der Waals surface area contributed by atoms with Crippen LogP contribution in [0.1, 0.15) is 20.8 Å². The molecule has 0 fully saturated rings. The molecule has 120 valence electrons. The van der Waals surface area contributed by atoms with Gasteiger partial charge in [-0.15, -0.1) is 0 Å². The number of hydrogen-bond acceptors (Lipinski definition) is 5. The van der Waals surface area contributed by atoms with Gasteiger partial charge < -0.3 is 4.74 Å². The molecular weight excluding hydrogens is 343 g/mol. The van der Waals surface area contributed by atoms with Crippen molar-refractivity contribution in [3.8, 4) is 5.75 Å². The number of rotatable bonds is 5. The lowest BCUT2D eigenvalue weighted by Gasteiger charge is -2.19. The Morgan fingerprint density at radius 1 is 1.19 bits per heavy atom. The van der Waals surface area contributed by atoms with Crippen molar-refractivity contribution in [2.24, 2.45) is 0 Å². The van der Waals surface area contributed by atoms with E-state index in [1.165, 1.54) is 0 Å². The molecule has 0 N–H and O–H groups in total. The summed E-state index contributed by atoms with van der Waals surface area (Å²) in [6.45, 7) is 4.39. The van der Waals surface area contributed by atoms with Gasteiger partial charge in [0.15, 0.2) is 9.84 Å². The highest BCUT2D eigenvalue weighted by Gasteiger charge is 2.29. The van der Waals surface area contributed by atoms with Gasteiger partial charge in [-0.2, -0.15) is 0 Å². The first-order chi connectivity index (χ1) is 9.34. The Labute approximate surface area is 128 Å². The summed E-state index contributed by atoms with van der Waals surface area (Å²) < 4.78 is 63.7. The van der Waals surface area contributed by atoms with Crippen LogP contribution in [-0.2, 0) is 18.9 Å². The Kier molecular flexibility index (Phi) is 5.28. The molecule has 0 aliphatic heterocycles. The van der Waals surface area contributed by atoms with E-state index in [0.29, 0.717) is 0 Å². The molecule has 9 heteroatoms. The lowest BCUT2D eigenvalue weighted by molar-refractivity contribution is 0.330. The van der Waals surface area contributed by atoms with Gasteiger partial charge in [0.25, 0.3) is 9.05 Å². The van der Waals surface area contributed by atoms with Crippen molar-refractivity contribution in [1.29, 1.82) is 0 Å². The number of halogens is 2. The Morgan fingerprint density at radius 3 is 2.24 bits per heavy atom. The summed E-state index contributed by atoms with van der Waals surface area (Å²) >= 11 is 0. The monoisotopic (exact) mass is 358 g/mol. The summed E-state index contributed by atoms with van der Waals surface area (Å²) in [5.74, 6) is -1.27. The summed E-state index contributed by atoms with van der Waals surface area (Å²) in [4.78, 5) is -0.530. The first-order valence-corrected chi connectivity index (χ1v) is 9.90. The third-order valence-electron chi connectivity index (χ3n) is 2.71. The zero-order valence-corrected chi connectivity index (χ0v) is 14.1. The Morgan fingerprint density at radius 2 is 1.76 bits per heavy atom. The Bertz CT molecular complexity index is 721. The standard InChI is InChI=1S/C12H16ClFO5S2/c1-12(2,3)20(15,16)7-6-19-10-5-4-9(14)8-11(10)21(13,17)18/h4-5,8H,6-7H2,1-3H3. The number of ether oxygens (including phenoxy) is 1. The zero-order valence-electron chi connectivity index (χ0n) is 11.8. The van der Waals surface area contributed by atoms with E-state index in [1.54, 1.807) is 20.8 Å². The smallest absolute Gasteiger partial charge is 0.265 e. The summed E-state index contributed by atoms with van der Waals surface area (Å²) in [6.07, 6.45) is 0. The van der Waals surface area contributed by atoms with E-state index < -0.39 is 34.3 Å². The first-order valence-electron chi connectivity index (χ1n) is 5.94. The summed E-state index contributed by atoms with van der Waals surface area (Å²) in [6, 6.07) is 2.81. The van der Waals surface area contributed by atoms with Crippen molar-refractivity contribution in [1.82, 2.24) is 0 Å². The highest BCUT2D eigenvalue weighted by atomic mass is 35.7. The van der Waals surface area contributed by atoms with Crippen LogP contribution < -0.4 is 4.74 Å². The largest absolute Gasteiger partial charge is 0.491 e. The molecule has 0 amide bonds. The predicted molar refractivity (Wildman–Crippen MR) is 78.5 cm³/mol. The highest BCUT2D eigenvalue weighted by molar-refractivity contribution is 8.13. The van der Waals surface area contributed by atoms with E-state index in [-0.39, 0.29) is 18.1 Å². The van der Waals surface area contributed by atoms with Crippen LogP contribution in [0.2, 0.25) is 0 Å². The number of benzene rings is 1. The van der Waals surface area contributed by atoms with Crippen molar-refractivity contribution in [2.75, 3.05) is 12.4 Å². The van der Waals surface area contributed by atoms with Crippen LogP contribution in [0.5, 0.6) is 5.75 Å². The topological polar surface area (TPSA) is 77.5 Å². The fourth-order valence-electron chi connectivity index (χ4n) is 1.36. The van der Waals surface area contributed by atoms with E-state index in [2.05, 4.69) is 0 Å². The molecule has 0 saturated heterocycles. The van der Waals surface area contributed by atoms with E-state index >= 15 is 0 Å². The van der Waals surface area contributed by atoms with Crippen LogP contribution in [0.4, 0.5) is 4.39 Å². The van der Waals surface area contributed by atoms with Gasteiger partial charge >= 0.3 is 0 Å². The van der Waals surface area contributed by atoms with E-state index in [4.69, 9.17) is 15.4 Å². The molecule has 0 aliphatic rings. The molecule has 0 radical (unpaired) electrons. The molecule has 1 rings (SSSR count). The van der Waals surface area contributed by atoms with Crippen LogP contribution in [0.3, 0.4) is 0 Å². The van der Waals surface area contributed by atoms with E-state index in [1.807, 2.05) is 0 Å². The minimum Gasteiger partial charge on any atom is -0.491 e. The molecular formula is C12H16ClFO5S2. The molecule has 0 bridgehead atoms. The highest BCUT2D eigenvalue weighted by Crippen LogP contribution is 2.28. The van der Waals surface area contributed by atoms with Crippen LogP contribution in [0.15, 0.2) is 23.1 Å². The summed E-state index contributed by atoms with van der Waals surface area (Å²) in [5.41, 5.74) is 0. The molecule has 1 aromatic rings. The Balaban J connectivity index is 2.92. The lowest BCUT2D eigenvalue weighted by atomic mass is 10.3. The molecule has 0 atom stereocenters. The van der Waals surface area contributed by atoms with Crippen molar-refractivity contribution in [3.05, 3.63) is 24.0 Å².